The van der Waals surface area contributed by atoms with E-state index in [4.69, 9.17) is 15.7 Å². The van der Waals surface area contributed by atoms with Gasteiger partial charge in [0.2, 0.25) is 0 Å². The van der Waals surface area contributed by atoms with Crippen LogP contribution < -0.4 is 16.4 Å². The number of nitrogens with zero attached hydrogens (tertiary/aromatic N) is 1. The zero-order valence-electron chi connectivity index (χ0n) is 12.0. The normalized spacial score (nSPS) is 17.6. The fourth-order valence-electron chi connectivity index (χ4n) is 1.55. The van der Waals surface area contributed by atoms with Crippen LogP contribution in [0.1, 0.15) is 26.7 Å². The molecule has 9 nitrogen and oxygen atoms in total. The molecular formula is C12H20N4O5. The SMILES string of the molecule is CC(C)(CCNC(=O)NCC1CC(C(N)=O)=NO1)C(=O)O. The summed E-state index contributed by atoms with van der Waals surface area (Å²) in [5.74, 6) is -1.56. The highest BCUT2D eigenvalue weighted by atomic mass is 16.6. The van der Waals surface area contributed by atoms with Crippen LogP contribution in [0.3, 0.4) is 0 Å². The van der Waals surface area contributed by atoms with Crippen molar-refractivity contribution < 1.29 is 24.3 Å². The van der Waals surface area contributed by atoms with Gasteiger partial charge in [0.1, 0.15) is 5.71 Å². The highest BCUT2D eigenvalue weighted by Crippen LogP contribution is 2.19. The maximum atomic E-state index is 11.5. The van der Waals surface area contributed by atoms with E-state index in [0.29, 0.717) is 6.42 Å². The van der Waals surface area contributed by atoms with Crippen LogP contribution in [0.5, 0.6) is 0 Å². The molecule has 0 fully saturated rings. The molecule has 1 aliphatic rings. The third-order valence-electron chi connectivity index (χ3n) is 3.12. The van der Waals surface area contributed by atoms with E-state index in [1.807, 2.05) is 0 Å². The van der Waals surface area contributed by atoms with Crippen molar-refractivity contribution in [1.82, 2.24) is 10.6 Å². The Hall–Kier alpha value is -2.32. The molecule has 0 saturated carbocycles. The number of carboxylic acids is 1. The average Bonchev–Trinajstić information content (AvgIpc) is 2.85. The van der Waals surface area contributed by atoms with Crippen LogP contribution >= 0.6 is 0 Å². The number of carboxylic acid groups (broad SMARTS) is 1. The Labute approximate surface area is 121 Å². The Morgan fingerprint density at radius 2 is 2.10 bits per heavy atom. The highest BCUT2D eigenvalue weighted by Gasteiger charge is 2.27. The van der Waals surface area contributed by atoms with Gasteiger partial charge < -0.3 is 26.3 Å². The zero-order chi connectivity index (χ0) is 16.0. The van der Waals surface area contributed by atoms with Crippen LogP contribution in [0, 0.1) is 5.41 Å². The second-order valence-electron chi connectivity index (χ2n) is 5.41. The average molecular weight is 300 g/mol. The van der Waals surface area contributed by atoms with Gasteiger partial charge in [0.25, 0.3) is 5.91 Å². The molecule has 0 aromatic carbocycles. The van der Waals surface area contributed by atoms with Crippen LogP contribution in [-0.4, -0.2) is 47.9 Å². The number of carbonyl (C=O) groups excluding carboxylic acids is 2. The number of amides is 3. The topological polar surface area (TPSA) is 143 Å². The zero-order valence-corrected chi connectivity index (χ0v) is 12.0. The number of primary amides is 1. The van der Waals surface area contributed by atoms with Crippen LogP contribution in [0.2, 0.25) is 0 Å². The standard InChI is InChI=1S/C12H20N4O5/c1-12(2,10(18)19)3-4-14-11(20)15-6-7-5-8(9(13)17)16-21-7/h7H,3-6H2,1-2H3,(H2,13,17)(H,18,19)(H2,14,15,20). The molecule has 0 radical (unpaired) electrons. The maximum absolute atomic E-state index is 11.5. The predicted octanol–water partition coefficient (Wildman–Crippen LogP) is -0.583. The molecule has 1 rings (SSSR count). The van der Waals surface area contributed by atoms with Crippen molar-refractivity contribution in [3.05, 3.63) is 0 Å². The molecule has 0 aromatic heterocycles. The number of carbonyl (C=O) groups is 3. The summed E-state index contributed by atoms with van der Waals surface area (Å²) >= 11 is 0. The van der Waals surface area contributed by atoms with Gasteiger partial charge in [-0.1, -0.05) is 5.16 Å². The minimum absolute atomic E-state index is 0.144. The Morgan fingerprint density at radius 3 is 2.62 bits per heavy atom. The number of aliphatic carboxylic acids is 1. The molecule has 1 heterocycles. The summed E-state index contributed by atoms with van der Waals surface area (Å²) in [5.41, 5.74) is 4.30. The van der Waals surface area contributed by atoms with Crippen LogP contribution in [0.25, 0.3) is 0 Å². The van der Waals surface area contributed by atoms with Gasteiger partial charge in [-0.05, 0) is 20.3 Å². The van der Waals surface area contributed by atoms with E-state index in [1.165, 1.54) is 0 Å². The molecule has 21 heavy (non-hydrogen) atoms. The third kappa shape index (κ3) is 5.28. The van der Waals surface area contributed by atoms with Gasteiger partial charge in [-0.2, -0.15) is 0 Å². The van der Waals surface area contributed by atoms with E-state index in [0.717, 1.165) is 0 Å². The predicted molar refractivity (Wildman–Crippen MR) is 73.6 cm³/mol. The van der Waals surface area contributed by atoms with Crippen molar-refractivity contribution in [3.63, 3.8) is 0 Å². The summed E-state index contributed by atoms with van der Waals surface area (Å²) in [6.45, 7) is 3.59. The molecule has 0 bridgehead atoms. The van der Waals surface area contributed by atoms with Crippen molar-refractivity contribution in [2.75, 3.05) is 13.1 Å². The number of nitrogens with one attached hydrogen (secondary N) is 2. The quantitative estimate of drug-likeness (QED) is 0.497. The summed E-state index contributed by atoms with van der Waals surface area (Å²) in [4.78, 5) is 38.2. The van der Waals surface area contributed by atoms with Gasteiger partial charge in [0.15, 0.2) is 6.10 Å². The lowest BCUT2D eigenvalue weighted by Crippen LogP contribution is -2.41. The van der Waals surface area contributed by atoms with E-state index < -0.39 is 29.4 Å². The van der Waals surface area contributed by atoms with Crippen LogP contribution in [0.15, 0.2) is 5.16 Å². The second-order valence-corrected chi connectivity index (χ2v) is 5.41. The van der Waals surface area contributed by atoms with Gasteiger partial charge in [-0.25, -0.2) is 4.79 Å². The maximum Gasteiger partial charge on any atom is 0.314 e. The van der Waals surface area contributed by atoms with Crippen molar-refractivity contribution in [2.45, 2.75) is 32.8 Å². The summed E-state index contributed by atoms with van der Waals surface area (Å²) in [6.07, 6.45) is 0.139. The van der Waals surface area contributed by atoms with Gasteiger partial charge in [0, 0.05) is 13.0 Å². The molecule has 0 aromatic rings. The highest BCUT2D eigenvalue weighted by molar-refractivity contribution is 6.38. The fourth-order valence-corrected chi connectivity index (χ4v) is 1.55. The van der Waals surface area contributed by atoms with E-state index in [2.05, 4.69) is 15.8 Å². The minimum Gasteiger partial charge on any atom is -0.481 e. The lowest BCUT2D eigenvalue weighted by molar-refractivity contribution is -0.147. The van der Waals surface area contributed by atoms with Gasteiger partial charge in [-0.3, -0.25) is 9.59 Å². The molecule has 1 aliphatic heterocycles. The number of urea groups is 1. The summed E-state index contributed by atoms with van der Waals surface area (Å²) in [5, 5.41) is 17.5. The van der Waals surface area contributed by atoms with Crippen molar-refractivity contribution in [1.29, 1.82) is 0 Å². The lowest BCUT2D eigenvalue weighted by Gasteiger charge is -2.19. The number of oxime groups is 1. The number of rotatable bonds is 7. The number of hydrogen-bond acceptors (Lipinski definition) is 5. The fraction of sp³-hybridized carbons (Fsp3) is 0.667. The molecule has 5 N–H and O–H groups in total. The molecular weight excluding hydrogens is 280 g/mol. The monoisotopic (exact) mass is 300 g/mol. The lowest BCUT2D eigenvalue weighted by atomic mass is 9.90. The smallest absolute Gasteiger partial charge is 0.314 e. The second kappa shape index (κ2) is 6.91. The molecule has 3 amide bonds. The minimum atomic E-state index is -0.916. The summed E-state index contributed by atoms with van der Waals surface area (Å²) in [7, 11) is 0. The molecule has 9 heteroatoms. The van der Waals surface area contributed by atoms with Gasteiger partial charge in [-0.15, -0.1) is 0 Å². The van der Waals surface area contributed by atoms with E-state index in [-0.39, 0.29) is 25.2 Å². The molecule has 1 atom stereocenters. The molecule has 0 spiro atoms. The largest absolute Gasteiger partial charge is 0.481 e. The van der Waals surface area contributed by atoms with E-state index >= 15 is 0 Å². The Kier molecular flexibility index (Phi) is 5.51. The molecule has 1 unspecified atom stereocenters. The Morgan fingerprint density at radius 1 is 1.43 bits per heavy atom. The van der Waals surface area contributed by atoms with Crippen molar-refractivity contribution in [2.24, 2.45) is 16.3 Å². The first-order valence-corrected chi connectivity index (χ1v) is 6.50. The summed E-state index contributed by atoms with van der Waals surface area (Å²) in [6, 6.07) is -0.438. The van der Waals surface area contributed by atoms with Crippen LogP contribution in [-0.2, 0) is 14.4 Å². The summed E-state index contributed by atoms with van der Waals surface area (Å²) < 4.78 is 0. The Balaban J connectivity index is 2.19. The molecule has 118 valence electrons. The van der Waals surface area contributed by atoms with Gasteiger partial charge in [0.05, 0.1) is 12.0 Å². The van der Waals surface area contributed by atoms with E-state index in [9.17, 15) is 14.4 Å². The van der Waals surface area contributed by atoms with Gasteiger partial charge >= 0.3 is 12.0 Å². The number of nitrogens with two attached hydrogens (primary N) is 1. The first-order valence-electron chi connectivity index (χ1n) is 6.50. The Bertz CT molecular complexity index is 461. The number of hydrogen-bond donors (Lipinski definition) is 4. The van der Waals surface area contributed by atoms with Crippen LogP contribution in [0.4, 0.5) is 4.79 Å². The van der Waals surface area contributed by atoms with Crippen molar-refractivity contribution in [3.8, 4) is 0 Å². The third-order valence-corrected chi connectivity index (χ3v) is 3.12. The first-order chi connectivity index (χ1) is 9.72. The van der Waals surface area contributed by atoms with Crippen molar-refractivity contribution >= 4 is 23.6 Å². The van der Waals surface area contributed by atoms with E-state index in [1.54, 1.807) is 13.8 Å². The molecule has 0 saturated heterocycles. The molecule has 0 aliphatic carbocycles. The first kappa shape index (κ1) is 16.7.